The maximum absolute atomic E-state index is 4.61. The van der Waals surface area contributed by atoms with Gasteiger partial charge in [0.15, 0.2) is 5.17 Å². The molecule has 2 nitrogen and oxygen atoms in total. The van der Waals surface area contributed by atoms with Crippen molar-refractivity contribution in [2.75, 3.05) is 11.9 Å². The van der Waals surface area contributed by atoms with Gasteiger partial charge >= 0.3 is 0 Å². The third kappa shape index (κ3) is 2.91. The Labute approximate surface area is 131 Å². The highest BCUT2D eigenvalue weighted by atomic mass is 79.9. The van der Waals surface area contributed by atoms with Gasteiger partial charge in [-0.15, -0.1) is 0 Å². The molecule has 1 aliphatic heterocycles. The van der Waals surface area contributed by atoms with Gasteiger partial charge in [0.1, 0.15) is 0 Å². The molecule has 20 heavy (non-hydrogen) atoms. The van der Waals surface area contributed by atoms with E-state index in [4.69, 9.17) is 0 Å². The lowest BCUT2D eigenvalue weighted by atomic mass is 10.1. The Kier molecular flexibility index (Phi) is 4.13. The first-order valence-electron chi connectivity index (χ1n) is 6.52. The monoisotopic (exact) mass is 346 g/mol. The maximum Gasteiger partial charge on any atom is 0.161 e. The van der Waals surface area contributed by atoms with E-state index in [1.807, 2.05) is 12.1 Å². The molecule has 0 spiro atoms. The maximum atomic E-state index is 4.61. The highest BCUT2D eigenvalue weighted by Crippen LogP contribution is 2.36. The topological polar surface area (TPSA) is 24.4 Å². The summed E-state index contributed by atoms with van der Waals surface area (Å²) in [4.78, 5) is 4.61. The van der Waals surface area contributed by atoms with Crippen LogP contribution in [0.15, 0.2) is 58.0 Å². The highest BCUT2D eigenvalue weighted by molar-refractivity contribution is 9.10. The second-order valence-electron chi connectivity index (χ2n) is 4.70. The van der Waals surface area contributed by atoms with Gasteiger partial charge in [-0.25, -0.2) is 0 Å². The minimum Gasteiger partial charge on any atom is -0.335 e. The fraction of sp³-hybridized carbons (Fsp3) is 0.188. The Hall–Kier alpha value is -1.26. The SMILES string of the molecule is Cc1c(Br)cccc1NC1=NCC(c2ccccc2)S1. The molecule has 0 aliphatic carbocycles. The third-order valence-corrected chi connectivity index (χ3v) is 5.35. The van der Waals surface area contributed by atoms with Crippen LogP contribution in [-0.4, -0.2) is 11.7 Å². The number of hydrogen-bond acceptors (Lipinski definition) is 3. The summed E-state index contributed by atoms with van der Waals surface area (Å²) in [5, 5.41) is 4.86. The first-order chi connectivity index (χ1) is 9.74. The minimum atomic E-state index is 0.422. The second kappa shape index (κ2) is 6.02. The summed E-state index contributed by atoms with van der Waals surface area (Å²) in [6.45, 7) is 2.94. The quantitative estimate of drug-likeness (QED) is 0.825. The molecule has 0 saturated carbocycles. The lowest BCUT2D eigenvalue weighted by Crippen LogP contribution is -2.06. The number of halogens is 1. The molecule has 0 amide bonds. The molecule has 0 fully saturated rings. The summed E-state index contributed by atoms with van der Waals surface area (Å²) >= 11 is 5.35. The van der Waals surface area contributed by atoms with Crippen molar-refractivity contribution in [3.8, 4) is 0 Å². The molecule has 2 aromatic carbocycles. The predicted molar refractivity (Wildman–Crippen MR) is 91.6 cm³/mol. The lowest BCUT2D eigenvalue weighted by molar-refractivity contribution is 0.966. The Bertz CT molecular complexity index is 640. The Balaban J connectivity index is 1.70. The van der Waals surface area contributed by atoms with Crippen LogP contribution in [0.1, 0.15) is 16.4 Å². The number of thioether (sulfide) groups is 1. The average molecular weight is 347 g/mol. The van der Waals surface area contributed by atoms with Crippen LogP contribution >= 0.6 is 27.7 Å². The van der Waals surface area contributed by atoms with E-state index in [9.17, 15) is 0 Å². The molecule has 3 rings (SSSR count). The number of amidine groups is 1. The van der Waals surface area contributed by atoms with E-state index in [1.165, 1.54) is 11.1 Å². The highest BCUT2D eigenvalue weighted by Gasteiger charge is 2.21. The van der Waals surface area contributed by atoms with Crippen LogP contribution in [0.2, 0.25) is 0 Å². The normalized spacial score (nSPS) is 17.9. The molecule has 1 N–H and O–H groups in total. The number of rotatable bonds is 2. The largest absolute Gasteiger partial charge is 0.335 e. The standard InChI is InChI=1S/C16H15BrN2S/c1-11-13(17)8-5-9-14(11)19-16-18-10-15(20-16)12-6-3-2-4-7-12/h2-9,15H,10H2,1H3,(H,18,19). The number of nitrogens with one attached hydrogen (secondary N) is 1. The lowest BCUT2D eigenvalue weighted by Gasteiger charge is -2.11. The van der Waals surface area contributed by atoms with E-state index >= 15 is 0 Å². The first-order valence-corrected chi connectivity index (χ1v) is 8.19. The number of hydrogen-bond donors (Lipinski definition) is 1. The van der Waals surface area contributed by atoms with E-state index in [2.05, 4.69) is 69.6 Å². The summed E-state index contributed by atoms with van der Waals surface area (Å²) in [5.41, 5.74) is 3.65. The van der Waals surface area contributed by atoms with Crippen molar-refractivity contribution >= 4 is 38.5 Å². The molecule has 0 radical (unpaired) electrons. The van der Waals surface area contributed by atoms with Crippen LogP contribution in [0, 0.1) is 6.92 Å². The van der Waals surface area contributed by atoms with Gasteiger partial charge in [0.2, 0.25) is 0 Å². The molecule has 4 heteroatoms. The summed E-state index contributed by atoms with van der Waals surface area (Å²) < 4.78 is 1.12. The van der Waals surface area contributed by atoms with Crippen LogP contribution in [0.25, 0.3) is 0 Å². The molecular weight excluding hydrogens is 332 g/mol. The van der Waals surface area contributed by atoms with Crippen molar-refractivity contribution in [3.05, 3.63) is 64.1 Å². The fourth-order valence-electron chi connectivity index (χ4n) is 2.14. The van der Waals surface area contributed by atoms with E-state index in [1.54, 1.807) is 11.8 Å². The van der Waals surface area contributed by atoms with Crippen LogP contribution in [0.5, 0.6) is 0 Å². The molecule has 1 unspecified atom stereocenters. The Morgan fingerprint density at radius 3 is 2.75 bits per heavy atom. The third-order valence-electron chi connectivity index (χ3n) is 3.34. The van der Waals surface area contributed by atoms with Crippen LogP contribution in [-0.2, 0) is 0 Å². The first kappa shape index (κ1) is 13.7. The number of anilines is 1. The van der Waals surface area contributed by atoms with E-state index < -0.39 is 0 Å². The van der Waals surface area contributed by atoms with Crippen LogP contribution < -0.4 is 5.32 Å². The molecule has 1 heterocycles. The van der Waals surface area contributed by atoms with Gasteiger partial charge in [-0.1, -0.05) is 64.1 Å². The van der Waals surface area contributed by atoms with E-state index in [-0.39, 0.29) is 0 Å². The fourth-order valence-corrected chi connectivity index (χ4v) is 3.54. The van der Waals surface area contributed by atoms with Gasteiger partial charge in [0.25, 0.3) is 0 Å². The van der Waals surface area contributed by atoms with Crippen molar-refractivity contribution in [2.24, 2.45) is 4.99 Å². The molecule has 0 bridgehead atoms. The zero-order valence-corrected chi connectivity index (χ0v) is 13.5. The Morgan fingerprint density at radius 2 is 1.95 bits per heavy atom. The second-order valence-corrected chi connectivity index (χ2v) is 6.75. The summed E-state index contributed by atoms with van der Waals surface area (Å²) in [6, 6.07) is 16.7. The molecule has 1 atom stereocenters. The zero-order valence-electron chi connectivity index (χ0n) is 11.1. The van der Waals surface area contributed by atoms with E-state index in [0.717, 1.165) is 21.9 Å². The minimum absolute atomic E-state index is 0.422. The predicted octanol–water partition coefficient (Wildman–Crippen LogP) is 5.01. The smallest absolute Gasteiger partial charge is 0.161 e. The van der Waals surface area contributed by atoms with Crippen molar-refractivity contribution in [3.63, 3.8) is 0 Å². The summed E-state index contributed by atoms with van der Waals surface area (Å²) in [7, 11) is 0. The molecule has 2 aromatic rings. The molecule has 0 aromatic heterocycles. The van der Waals surface area contributed by atoms with Gasteiger partial charge in [-0.3, -0.25) is 4.99 Å². The van der Waals surface area contributed by atoms with Crippen LogP contribution in [0.3, 0.4) is 0 Å². The zero-order chi connectivity index (χ0) is 13.9. The van der Waals surface area contributed by atoms with Crippen molar-refractivity contribution < 1.29 is 0 Å². The number of nitrogens with zero attached hydrogens (tertiary/aromatic N) is 1. The van der Waals surface area contributed by atoms with Gasteiger partial charge < -0.3 is 5.32 Å². The summed E-state index contributed by atoms with van der Waals surface area (Å²) in [6.07, 6.45) is 0. The average Bonchev–Trinajstić information content (AvgIpc) is 2.93. The van der Waals surface area contributed by atoms with Gasteiger partial charge in [-0.05, 0) is 30.2 Å². The van der Waals surface area contributed by atoms with Crippen molar-refractivity contribution in [1.29, 1.82) is 0 Å². The van der Waals surface area contributed by atoms with Gasteiger partial charge in [0.05, 0.1) is 11.8 Å². The molecular formula is C16H15BrN2S. The summed E-state index contributed by atoms with van der Waals surface area (Å²) in [5.74, 6) is 0. The molecule has 0 saturated heterocycles. The number of benzene rings is 2. The van der Waals surface area contributed by atoms with Crippen LogP contribution in [0.4, 0.5) is 5.69 Å². The Morgan fingerprint density at radius 1 is 1.15 bits per heavy atom. The van der Waals surface area contributed by atoms with Crippen molar-refractivity contribution in [2.45, 2.75) is 12.2 Å². The van der Waals surface area contributed by atoms with Gasteiger partial charge in [0, 0.05) is 10.2 Å². The molecule has 102 valence electrons. The number of aliphatic imine (C=N–C) groups is 1. The van der Waals surface area contributed by atoms with Gasteiger partial charge in [-0.2, -0.15) is 0 Å². The molecule has 1 aliphatic rings. The van der Waals surface area contributed by atoms with E-state index in [0.29, 0.717) is 5.25 Å². The van der Waals surface area contributed by atoms with Crippen molar-refractivity contribution in [1.82, 2.24) is 0 Å².